The molecule has 1 aromatic heterocycles. The highest BCUT2D eigenvalue weighted by Crippen LogP contribution is 2.32. The Morgan fingerprint density at radius 2 is 2.13 bits per heavy atom. The number of aromatic nitrogens is 2. The van der Waals surface area contributed by atoms with Gasteiger partial charge in [-0.1, -0.05) is 35.3 Å². The number of H-pyrrole nitrogens is 1. The van der Waals surface area contributed by atoms with Crippen molar-refractivity contribution in [3.63, 3.8) is 0 Å². The van der Waals surface area contributed by atoms with Crippen molar-refractivity contribution in [2.45, 2.75) is 6.61 Å². The topological polar surface area (TPSA) is 48.9 Å². The Morgan fingerprint density at radius 3 is 2.80 bits per heavy atom. The summed E-state index contributed by atoms with van der Waals surface area (Å²) in [6.45, 7) is -0.0782. The molecule has 0 radical (unpaired) electrons. The minimum Gasteiger partial charge on any atom is -0.390 e. The van der Waals surface area contributed by atoms with Gasteiger partial charge in [-0.3, -0.25) is 5.10 Å². The summed E-state index contributed by atoms with van der Waals surface area (Å²) in [4.78, 5) is 0. The number of hydrogen-bond acceptors (Lipinski definition) is 2. The summed E-state index contributed by atoms with van der Waals surface area (Å²) in [5.74, 6) is 0. The van der Waals surface area contributed by atoms with E-state index in [1.165, 1.54) is 0 Å². The Labute approximate surface area is 96.7 Å². The van der Waals surface area contributed by atoms with Crippen LogP contribution in [0.5, 0.6) is 0 Å². The second kappa shape index (κ2) is 4.23. The summed E-state index contributed by atoms with van der Waals surface area (Å²) in [6.07, 6.45) is 0. The van der Waals surface area contributed by atoms with Gasteiger partial charge in [-0.05, 0) is 12.1 Å². The second-order valence-electron chi connectivity index (χ2n) is 3.04. The third-order valence-corrected chi connectivity index (χ3v) is 2.85. The molecular formula is C10H8Cl2N2O. The van der Waals surface area contributed by atoms with Crippen LogP contribution in [-0.2, 0) is 6.61 Å². The lowest BCUT2D eigenvalue weighted by Gasteiger charge is -2.01. The van der Waals surface area contributed by atoms with Crippen LogP contribution in [0.1, 0.15) is 5.69 Å². The van der Waals surface area contributed by atoms with Crippen LogP contribution in [0.3, 0.4) is 0 Å². The number of rotatable bonds is 2. The van der Waals surface area contributed by atoms with Crippen molar-refractivity contribution < 1.29 is 5.11 Å². The molecule has 0 saturated heterocycles. The number of nitrogens with zero attached hydrogens (tertiary/aromatic N) is 1. The van der Waals surface area contributed by atoms with Crippen molar-refractivity contribution in [3.8, 4) is 11.3 Å². The number of aliphatic hydroxyl groups excluding tert-OH is 1. The fourth-order valence-electron chi connectivity index (χ4n) is 1.28. The molecule has 0 unspecified atom stereocenters. The van der Waals surface area contributed by atoms with Crippen molar-refractivity contribution in [3.05, 3.63) is 40.0 Å². The highest BCUT2D eigenvalue weighted by atomic mass is 35.5. The number of aliphatic hydroxyl groups is 1. The largest absolute Gasteiger partial charge is 0.390 e. The van der Waals surface area contributed by atoms with E-state index < -0.39 is 0 Å². The molecule has 0 aliphatic heterocycles. The van der Waals surface area contributed by atoms with Gasteiger partial charge in [0.25, 0.3) is 0 Å². The average Bonchev–Trinajstić information content (AvgIpc) is 2.70. The van der Waals surface area contributed by atoms with Crippen LogP contribution >= 0.6 is 23.2 Å². The summed E-state index contributed by atoms with van der Waals surface area (Å²) in [5, 5.41) is 16.6. The monoisotopic (exact) mass is 242 g/mol. The number of halogens is 2. The first-order valence-electron chi connectivity index (χ1n) is 4.32. The molecule has 2 rings (SSSR count). The molecule has 0 fully saturated rings. The quantitative estimate of drug-likeness (QED) is 0.851. The Bertz CT molecular complexity index is 482. The Morgan fingerprint density at radius 1 is 1.33 bits per heavy atom. The Kier molecular flexibility index (Phi) is 2.95. The van der Waals surface area contributed by atoms with Crippen LogP contribution < -0.4 is 0 Å². The number of hydrogen-bond donors (Lipinski definition) is 2. The predicted octanol–water partition coefficient (Wildman–Crippen LogP) is 2.88. The van der Waals surface area contributed by atoms with E-state index in [0.717, 1.165) is 5.56 Å². The molecule has 78 valence electrons. The smallest absolute Gasteiger partial charge is 0.0939 e. The van der Waals surface area contributed by atoms with Crippen LogP contribution in [0.25, 0.3) is 11.3 Å². The molecule has 1 aromatic carbocycles. The molecule has 0 atom stereocenters. The van der Waals surface area contributed by atoms with Crippen molar-refractivity contribution in [1.29, 1.82) is 0 Å². The van der Waals surface area contributed by atoms with Crippen molar-refractivity contribution in [2.24, 2.45) is 0 Å². The van der Waals surface area contributed by atoms with Gasteiger partial charge in [-0.2, -0.15) is 5.10 Å². The first-order valence-corrected chi connectivity index (χ1v) is 5.07. The van der Waals surface area contributed by atoms with Crippen LogP contribution in [0.2, 0.25) is 10.0 Å². The lowest BCUT2D eigenvalue weighted by molar-refractivity contribution is 0.276. The maximum atomic E-state index is 8.89. The predicted molar refractivity (Wildman–Crippen MR) is 60.0 cm³/mol. The highest BCUT2D eigenvalue weighted by Gasteiger charge is 2.09. The van der Waals surface area contributed by atoms with Gasteiger partial charge in [-0.25, -0.2) is 0 Å². The van der Waals surface area contributed by atoms with Crippen LogP contribution in [-0.4, -0.2) is 15.3 Å². The summed E-state index contributed by atoms with van der Waals surface area (Å²) >= 11 is 11.9. The van der Waals surface area contributed by atoms with Gasteiger partial charge in [-0.15, -0.1) is 0 Å². The molecule has 15 heavy (non-hydrogen) atoms. The van der Waals surface area contributed by atoms with E-state index in [-0.39, 0.29) is 6.61 Å². The molecule has 0 aliphatic carbocycles. The number of nitrogens with one attached hydrogen (secondary N) is 1. The molecule has 2 aromatic rings. The zero-order valence-corrected chi connectivity index (χ0v) is 9.18. The minimum absolute atomic E-state index is 0.0782. The van der Waals surface area contributed by atoms with Gasteiger partial charge < -0.3 is 5.11 Å². The van der Waals surface area contributed by atoms with Crippen molar-refractivity contribution in [1.82, 2.24) is 10.2 Å². The maximum Gasteiger partial charge on any atom is 0.0939 e. The summed E-state index contributed by atoms with van der Waals surface area (Å²) in [7, 11) is 0. The van der Waals surface area contributed by atoms with Crippen LogP contribution in [0, 0.1) is 0 Å². The van der Waals surface area contributed by atoms with E-state index in [1.807, 2.05) is 6.07 Å². The maximum absolute atomic E-state index is 8.89. The molecule has 1 heterocycles. The molecule has 0 saturated carbocycles. The third-order valence-electron chi connectivity index (χ3n) is 2.03. The Hall–Kier alpha value is -1.03. The van der Waals surface area contributed by atoms with Crippen molar-refractivity contribution in [2.75, 3.05) is 0 Å². The van der Waals surface area contributed by atoms with Crippen molar-refractivity contribution >= 4 is 23.2 Å². The number of benzene rings is 1. The number of aromatic amines is 1. The van der Waals surface area contributed by atoms with E-state index >= 15 is 0 Å². The van der Waals surface area contributed by atoms with Gasteiger partial charge in [0.2, 0.25) is 0 Å². The molecule has 0 bridgehead atoms. The average molecular weight is 243 g/mol. The SMILES string of the molecule is OCc1cc(-c2cccc(Cl)c2Cl)n[nH]1. The summed E-state index contributed by atoms with van der Waals surface area (Å²) in [5.41, 5.74) is 2.06. The van der Waals surface area contributed by atoms with E-state index in [9.17, 15) is 0 Å². The fraction of sp³-hybridized carbons (Fsp3) is 0.100. The van der Waals surface area contributed by atoms with Gasteiger partial charge in [0.15, 0.2) is 0 Å². The van der Waals surface area contributed by atoms with Gasteiger partial charge in [0, 0.05) is 5.56 Å². The molecule has 5 heteroatoms. The van der Waals surface area contributed by atoms with Crippen LogP contribution in [0.15, 0.2) is 24.3 Å². The normalized spacial score (nSPS) is 10.6. The zero-order valence-electron chi connectivity index (χ0n) is 7.67. The fourth-order valence-corrected chi connectivity index (χ4v) is 1.68. The summed E-state index contributed by atoms with van der Waals surface area (Å²) in [6, 6.07) is 7.08. The molecule has 0 aliphatic rings. The molecule has 0 spiro atoms. The van der Waals surface area contributed by atoms with E-state index in [1.54, 1.807) is 18.2 Å². The highest BCUT2D eigenvalue weighted by molar-refractivity contribution is 6.43. The lowest BCUT2D eigenvalue weighted by atomic mass is 10.1. The zero-order chi connectivity index (χ0) is 10.8. The second-order valence-corrected chi connectivity index (χ2v) is 3.82. The minimum atomic E-state index is -0.0782. The molecular weight excluding hydrogens is 235 g/mol. The molecule has 0 amide bonds. The van der Waals surface area contributed by atoms with E-state index in [4.69, 9.17) is 28.3 Å². The van der Waals surface area contributed by atoms with Gasteiger partial charge >= 0.3 is 0 Å². The van der Waals surface area contributed by atoms with Gasteiger partial charge in [0.05, 0.1) is 28.0 Å². The first kappa shape index (κ1) is 10.5. The van der Waals surface area contributed by atoms with Gasteiger partial charge in [0.1, 0.15) is 0 Å². The summed E-state index contributed by atoms with van der Waals surface area (Å²) < 4.78 is 0. The first-order chi connectivity index (χ1) is 7.22. The lowest BCUT2D eigenvalue weighted by Crippen LogP contribution is -1.80. The third kappa shape index (κ3) is 2.00. The van der Waals surface area contributed by atoms with Crippen LogP contribution in [0.4, 0.5) is 0 Å². The van der Waals surface area contributed by atoms with E-state index in [2.05, 4.69) is 10.2 Å². The van der Waals surface area contributed by atoms with E-state index in [0.29, 0.717) is 21.4 Å². The molecule has 3 nitrogen and oxygen atoms in total. The standard InChI is InChI=1S/C10H8Cl2N2O/c11-8-3-1-2-7(10(8)12)9-4-6(5-15)13-14-9/h1-4,15H,5H2,(H,13,14). The molecule has 2 N–H and O–H groups in total. The Balaban J connectivity index is 2.49.